The maximum Gasteiger partial charge on any atom is 0.184 e. The number of nitrogens with one attached hydrogen (secondary N) is 1. The summed E-state index contributed by atoms with van der Waals surface area (Å²) < 4.78 is 0.848. The Hall–Kier alpha value is -2.71. The maximum atomic E-state index is 5.51. The van der Waals surface area contributed by atoms with Gasteiger partial charge in [0, 0.05) is 23.5 Å². The zero-order valence-corrected chi connectivity index (χ0v) is 12.4. The van der Waals surface area contributed by atoms with Crippen molar-refractivity contribution >= 4 is 37.6 Å². The molecule has 0 radical (unpaired) electrons. The molecule has 0 aliphatic carbocycles. The lowest BCUT2D eigenvalue weighted by molar-refractivity contribution is 0.899. The van der Waals surface area contributed by atoms with Crippen molar-refractivity contribution in [2.45, 2.75) is 6.92 Å². The first-order valence-electron chi connectivity index (χ1n) is 6.58. The number of nitrogen functional groups attached to an aromatic ring is 1. The van der Waals surface area contributed by atoms with Gasteiger partial charge in [0.2, 0.25) is 0 Å². The number of nitrogens with two attached hydrogens (primary N) is 1. The lowest BCUT2D eigenvalue weighted by Crippen LogP contribution is -2.09. The summed E-state index contributed by atoms with van der Waals surface area (Å²) in [6.45, 7) is 1.97. The summed E-state index contributed by atoms with van der Waals surface area (Å²) in [5.74, 6) is 6.02. The quantitative estimate of drug-likeness (QED) is 0.432. The van der Waals surface area contributed by atoms with E-state index in [4.69, 9.17) is 5.84 Å². The van der Waals surface area contributed by atoms with E-state index in [1.165, 1.54) is 11.3 Å². The summed E-state index contributed by atoms with van der Waals surface area (Å²) in [6.07, 6.45) is 3.54. The standard InChI is InChI=1S/C14H11N7S/c1-7-6-9(8-2-4-16-5-3-8)10-11-12(22-14(10)17-7)13(18-15)20-21-19-11/h2-6H,15H2,1H3,(H,18,19,20). The molecule has 0 bridgehead atoms. The minimum Gasteiger partial charge on any atom is -0.306 e. The number of aryl methyl sites for hydroxylation is 1. The van der Waals surface area contributed by atoms with Gasteiger partial charge in [-0.05, 0) is 41.5 Å². The zero-order chi connectivity index (χ0) is 15.1. The Morgan fingerprint density at radius 3 is 2.77 bits per heavy atom. The van der Waals surface area contributed by atoms with Crippen molar-refractivity contribution in [3.63, 3.8) is 0 Å². The first-order chi connectivity index (χ1) is 10.8. The molecule has 0 fully saturated rings. The number of pyridine rings is 2. The summed E-state index contributed by atoms with van der Waals surface area (Å²) in [6, 6.07) is 5.98. The fourth-order valence-electron chi connectivity index (χ4n) is 2.47. The number of anilines is 1. The van der Waals surface area contributed by atoms with Gasteiger partial charge in [0.1, 0.15) is 15.0 Å². The van der Waals surface area contributed by atoms with Crippen LogP contribution in [0.5, 0.6) is 0 Å². The number of thiophene rings is 1. The second-order valence-electron chi connectivity index (χ2n) is 4.79. The van der Waals surface area contributed by atoms with Crippen LogP contribution in [-0.4, -0.2) is 25.4 Å². The molecular weight excluding hydrogens is 298 g/mol. The molecule has 3 N–H and O–H groups in total. The second-order valence-corrected chi connectivity index (χ2v) is 5.79. The summed E-state index contributed by atoms with van der Waals surface area (Å²) in [5.41, 5.74) is 6.37. The van der Waals surface area contributed by atoms with E-state index in [1.807, 2.05) is 25.1 Å². The van der Waals surface area contributed by atoms with Crippen molar-refractivity contribution in [1.82, 2.24) is 25.4 Å². The van der Waals surface area contributed by atoms with Crippen molar-refractivity contribution in [2.75, 3.05) is 5.43 Å². The van der Waals surface area contributed by atoms with Gasteiger partial charge in [0.05, 0.1) is 0 Å². The molecule has 4 aromatic rings. The molecule has 0 unspecified atom stereocenters. The largest absolute Gasteiger partial charge is 0.306 e. The Morgan fingerprint density at radius 1 is 1.18 bits per heavy atom. The topological polar surface area (TPSA) is 102 Å². The van der Waals surface area contributed by atoms with Crippen LogP contribution in [0.25, 0.3) is 31.6 Å². The monoisotopic (exact) mass is 309 g/mol. The molecule has 0 saturated carbocycles. The third-order valence-corrected chi connectivity index (χ3v) is 4.48. The van der Waals surface area contributed by atoms with Crippen LogP contribution in [0.2, 0.25) is 0 Å². The number of fused-ring (bicyclic) bond motifs is 3. The van der Waals surface area contributed by atoms with Crippen molar-refractivity contribution in [3.05, 3.63) is 36.3 Å². The van der Waals surface area contributed by atoms with Crippen molar-refractivity contribution in [3.8, 4) is 11.1 Å². The van der Waals surface area contributed by atoms with Crippen LogP contribution in [0.15, 0.2) is 30.6 Å². The average Bonchev–Trinajstić information content (AvgIpc) is 2.93. The van der Waals surface area contributed by atoms with Gasteiger partial charge in [-0.25, -0.2) is 10.8 Å². The van der Waals surface area contributed by atoms with Crippen LogP contribution < -0.4 is 11.3 Å². The van der Waals surface area contributed by atoms with E-state index in [-0.39, 0.29) is 0 Å². The van der Waals surface area contributed by atoms with Gasteiger partial charge in [-0.15, -0.1) is 21.5 Å². The van der Waals surface area contributed by atoms with Gasteiger partial charge < -0.3 is 5.43 Å². The lowest BCUT2D eigenvalue weighted by Gasteiger charge is -2.05. The number of hydrazine groups is 1. The van der Waals surface area contributed by atoms with Gasteiger partial charge in [-0.3, -0.25) is 4.98 Å². The van der Waals surface area contributed by atoms with Crippen LogP contribution in [0.1, 0.15) is 5.69 Å². The number of nitrogens with zero attached hydrogens (tertiary/aromatic N) is 5. The predicted molar refractivity (Wildman–Crippen MR) is 86.3 cm³/mol. The Balaban J connectivity index is 2.17. The Bertz CT molecular complexity index is 981. The van der Waals surface area contributed by atoms with E-state index in [2.05, 4.69) is 30.8 Å². The maximum absolute atomic E-state index is 5.51. The van der Waals surface area contributed by atoms with Crippen molar-refractivity contribution < 1.29 is 0 Å². The predicted octanol–water partition coefficient (Wildman–Crippen LogP) is 2.29. The average molecular weight is 309 g/mol. The van der Waals surface area contributed by atoms with Gasteiger partial charge in [0.25, 0.3) is 0 Å². The fraction of sp³-hybridized carbons (Fsp3) is 0.0714. The molecule has 0 aromatic carbocycles. The molecule has 0 spiro atoms. The van der Waals surface area contributed by atoms with Gasteiger partial charge in [-0.2, -0.15) is 0 Å². The number of rotatable bonds is 2. The van der Waals surface area contributed by atoms with E-state index in [0.29, 0.717) is 5.82 Å². The van der Waals surface area contributed by atoms with E-state index in [0.717, 1.165) is 37.3 Å². The van der Waals surface area contributed by atoms with E-state index >= 15 is 0 Å². The number of hydrogen-bond donors (Lipinski definition) is 2. The molecule has 4 rings (SSSR count). The van der Waals surface area contributed by atoms with Crippen LogP contribution >= 0.6 is 11.3 Å². The molecule has 4 heterocycles. The van der Waals surface area contributed by atoms with Crippen molar-refractivity contribution in [2.24, 2.45) is 5.84 Å². The fourth-order valence-corrected chi connectivity index (χ4v) is 3.60. The Kier molecular flexibility index (Phi) is 2.91. The molecular formula is C14H11N7S. The number of aromatic nitrogens is 5. The molecule has 0 aliphatic heterocycles. The number of hydrogen-bond acceptors (Lipinski definition) is 8. The van der Waals surface area contributed by atoms with E-state index < -0.39 is 0 Å². The SMILES string of the molecule is Cc1cc(-c2ccncc2)c2c(n1)sc1c(NN)nnnc12. The third-order valence-electron chi connectivity index (χ3n) is 3.40. The van der Waals surface area contributed by atoms with Gasteiger partial charge in [-0.1, -0.05) is 0 Å². The van der Waals surface area contributed by atoms with Gasteiger partial charge in [0.15, 0.2) is 5.82 Å². The molecule has 4 aromatic heterocycles. The van der Waals surface area contributed by atoms with Crippen LogP contribution in [-0.2, 0) is 0 Å². The third kappa shape index (κ3) is 1.89. The minimum atomic E-state index is 0.506. The smallest absolute Gasteiger partial charge is 0.184 e. The first-order valence-corrected chi connectivity index (χ1v) is 7.40. The summed E-state index contributed by atoms with van der Waals surface area (Å²) in [5, 5.41) is 12.9. The summed E-state index contributed by atoms with van der Waals surface area (Å²) in [7, 11) is 0. The molecule has 22 heavy (non-hydrogen) atoms. The first kappa shape index (κ1) is 13.0. The molecule has 0 amide bonds. The highest BCUT2D eigenvalue weighted by Gasteiger charge is 2.17. The zero-order valence-electron chi connectivity index (χ0n) is 11.6. The molecule has 0 saturated heterocycles. The van der Waals surface area contributed by atoms with Crippen LogP contribution in [0, 0.1) is 6.92 Å². The Labute approximate surface area is 129 Å². The van der Waals surface area contributed by atoms with Crippen LogP contribution in [0.3, 0.4) is 0 Å². The Morgan fingerprint density at radius 2 is 2.00 bits per heavy atom. The summed E-state index contributed by atoms with van der Waals surface area (Å²) in [4.78, 5) is 9.58. The molecule has 108 valence electrons. The lowest BCUT2D eigenvalue weighted by atomic mass is 10.0. The van der Waals surface area contributed by atoms with E-state index in [9.17, 15) is 0 Å². The van der Waals surface area contributed by atoms with Crippen LogP contribution in [0.4, 0.5) is 5.82 Å². The highest BCUT2D eigenvalue weighted by atomic mass is 32.1. The van der Waals surface area contributed by atoms with Gasteiger partial charge >= 0.3 is 0 Å². The minimum absolute atomic E-state index is 0.506. The highest BCUT2D eigenvalue weighted by Crippen LogP contribution is 2.39. The van der Waals surface area contributed by atoms with Crippen molar-refractivity contribution in [1.29, 1.82) is 0 Å². The van der Waals surface area contributed by atoms with E-state index in [1.54, 1.807) is 12.4 Å². The summed E-state index contributed by atoms with van der Waals surface area (Å²) >= 11 is 1.50. The molecule has 0 aliphatic rings. The molecule has 8 heteroatoms. The second kappa shape index (κ2) is 4.93. The molecule has 7 nitrogen and oxygen atoms in total. The molecule has 0 atom stereocenters. The highest BCUT2D eigenvalue weighted by molar-refractivity contribution is 7.26. The normalized spacial score (nSPS) is 11.2.